The second kappa shape index (κ2) is 6.44. The van der Waals surface area contributed by atoms with Crippen molar-refractivity contribution in [2.24, 2.45) is 0 Å². The van der Waals surface area contributed by atoms with E-state index in [0.29, 0.717) is 23.7 Å². The first-order chi connectivity index (χ1) is 10.0. The Morgan fingerprint density at radius 3 is 2.14 bits per heavy atom. The topological polar surface area (TPSA) is 35.5 Å². The van der Waals surface area contributed by atoms with Gasteiger partial charge in [-0.2, -0.15) is 0 Å². The average Bonchev–Trinajstić information content (AvgIpc) is 2.40. The number of esters is 1. The molecule has 0 aromatic heterocycles. The zero-order valence-electron chi connectivity index (χ0n) is 12.9. The van der Waals surface area contributed by atoms with E-state index in [0.717, 1.165) is 16.7 Å². The SMILES string of the molecule is CCOc1ccccc1OC(=O)c1c(C)cc(C)cc1C. The van der Waals surface area contributed by atoms with E-state index in [1.807, 2.05) is 52.0 Å². The van der Waals surface area contributed by atoms with Gasteiger partial charge in [-0.15, -0.1) is 0 Å². The number of hydrogen-bond acceptors (Lipinski definition) is 3. The van der Waals surface area contributed by atoms with Crippen LogP contribution in [0.4, 0.5) is 0 Å². The van der Waals surface area contributed by atoms with Crippen molar-refractivity contribution in [3.63, 3.8) is 0 Å². The van der Waals surface area contributed by atoms with Gasteiger partial charge >= 0.3 is 5.97 Å². The molecular formula is C18H20O3. The normalized spacial score (nSPS) is 10.3. The predicted molar refractivity (Wildman–Crippen MR) is 83.2 cm³/mol. The van der Waals surface area contributed by atoms with Gasteiger partial charge < -0.3 is 9.47 Å². The molecule has 0 heterocycles. The van der Waals surface area contributed by atoms with Gasteiger partial charge in [-0.25, -0.2) is 4.79 Å². The number of benzene rings is 2. The van der Waals surface area contributed by atoms with Crippen LogP contribution in [0.25, 0.3) is 0 Å². The molecule has 3 heteroatoms. The van der Waals surface area contributed by atoms with Crippen LogP contribution in [0, 0.1) is 20.8 Å². The zero-order valence-corrected chi connectivity index (χ0v) is 12.9. The van der Waals surface area contributed by atoms with Crippen LogP contribution in [0.2, 0.25) is 0 Å². The Morgan fingerprint density at radius 1 is 1.00 bits per heavy atom. The van der Waals surface area contributed by atoms with E-state index >= 15 is 0 Å². The van der Waals surface area contributed by atoms with E-state index in [9.17, 15) is 4.79 Å². The lowest BCUT2D eigenvalue weighted by Gasteiger charge is -2.13. The summed E-state index contributed by atoms with van der Waals surface area (Å²) >= 11 is 0. The fourth-order valence-electron chi connectivity index (χ4n) is 2.46. The van der Waals surface area contributed by atoms with Crippen molar-refractivity contribution < 1.29 is 14.3 Å². The van der Waals surface area contributed by atoms with Gasteiger partial charge in [0.2, 0.25) is 0 Å². The van der Waals surface area contributed by atoms with E-state index in [-0.39, 0.29) is 5.97 Å². The molecule has 2 aromatic rings. The summed E-state index contributed by atoms with van der Waals surface area (Å²) in [6.07, 6.45) is 0. The molecule has 0 spiro atoms. The molecule has 0 saturated heterocycles. The maximum atomic E-state index is 12.4. The first-order valence-corrected chi connectivity index (χ1v) is 7.04. The second-order valence-corrected chi connectivity index (χ2v) is 5.04. The van der Waals surface area contributed by atoms with Gasteiger partial charge in [-0.05, 0) is 51.0 Å². The predicted octanol–water partition coefficient (Wildman–Crippen LogP) is 4.23. The van der Waals surface area contributed by atoms with Crippen LogP contribution in [0.5, 0.6) is 11.5 Å². The quantitative estimate of drug-likeness (QED) is 0.622. The van der Waals surface area contributed by atoms with Crippen molar-refractivity contribution in [1.29, 1.82) is 0 Å². The lowest BCUT2D eigenvalue weighted by molar-refractivity contribution is 0.0727. The Bertz CT molecular complexity index is 636. The smallest absolute Gasteiger partial charge is 0.344 e. The second-order valence-electron chi connectivity index (χ2n) is 5.04. The number of para-hydroxylation sites is 2. The van der Waals surface area contributed by atoms with E-state index in [1.54, 1.807) is 12.1 Å². The van der Waals surface area contributed by atoms with Gasteiger partial charge in [0.1, 0.15) is 0 Å². The first kappa shape index (κ1) is 15.1. The summed E-state index contributed by atoms with van der Waals surface area (Å²) in [4.78, 5) is 12.4. The molecular weight excluding hydrogens is 264 g/mol. The van der Waals surface area contributed by atoms with Gasteiger partial charge in [-0.3, -0.25) is 0 Å². The molecule has 0 aliphatic heterocycles. The molecule has 0 unspecified atom stereocenters. The highest BCUT2D eigenvalue weighted by molar-refractivity contribution is 5.94. The van der Waals surface area contributed by atoms with Gasteiger partial charge in [-0.1, -0.05) is 29.8 Å². The minimum absolute atomic E-state index is 0.350. The molecule has 2 aromatic carbocycles. The largest absolute Gasteiger partial charge is 0.490 e. The number of carbonyl (C=O) groups excluding carboxylic acids is 1. The van der Waals surface area contributed by atoms with Gasteiger partial charge in [0.05, 0.1) is 12.2 Å². The third-order valence-corrected chi connectivity index (χ3v) is 3.23. The van der Waals surface area contributed by atoms with Gasteiger partial charge in [0.25, 0.3) is 0 Å². The molecule has 0 aliphatic carbocycles. The Hall–Kier alpha value is -2.29. The molecule has 0 amide bonds. The summed E-state index contributed by atoms with van der Waals surface area (Å²) in [7, 11) is 0. The minimum atomic E-state index is -0.350. The third-order valence-electron chi connectivity index (χ3n) is 3.23. The summed E-state index contributed by atoms with van der Waals surface area (Å²) in [6, 6.07) is 11.2. The third kappa shape index (κ3) is 3.43. The molecule has 2 rings (SSSR count). The van der Waals surface area contributed by atoms with E-state index < -0.39 is 0 Å². The summed E-state index contributed by atoms with van der Waals surface area (Å²) in [5, 5.41) is 0. The van der Waals surface area contributed by atoms with Crippen LogP contribution < -0.4 is 9.47 Å². The molecule has 110 valence electrons. The van der Waals surface area contributed by atoms with E-state index in [2.05, 4.69) is 0 Å². The van der Waals surface area contributed by atoms with Crippen molar-refractivity contribution in [2.45, 2.75) is 27.7 Å². The highest BCUT2D eigenvalue weighted by atomic mass is 16.6. The monoisotopic (exact) mass is 284 g/mol. The van der Waals surface area contributed by atoms with Crippen molar-refractivity contribution in [1.82, 2.24) is 0 Å². The van der Waals surface area contributed by atoms with Crippen LogP contribution in [-0.4, -0.2) is 12.6 Å². The Morgan fingerprint density at radius 2 is 1.57 bits per heavy atom. The van der Waals surface area contributed by atoms with Crippen LogP contribution in [-0.2, 0) is 0 Å². The van der Waals surface area contributed by atoms with Gasteiger partial charge in [0, 0.05) is 0 Å². The lowest BCUT2D eigenvalue weighted by atomic mass is 10.00. The van der Waals surface area contributed by atoms with Crippen molar-refractivity contribution >= 4 is 5.97 Å². The molecule has 0 saturated carbocycles. The number of hydrogen-bond donors (Lipinski definition) is 0. The lowest BCUT2D eigenvalue weighted by Crippen LogP contribution is -2.13. The fourth-order valence-corrected chi connectivity index (χ4v) is 2.46. The fraction of sp³-hybridized carbons (Fsp3) is 0.278. The van der Waals surface area contributed by atoms with Crippen molar-refractivity contribution in [2.75, 3.05) is 6.61 Å². The number of ether oxygens (including phenoxy) is 2. The standard InChI is InChI=1S/C18H20O3/c1-5-20-15-8-6-7-9-16(15)21-18(19)17-13(3)10-12(2)11-14(17)4/h6-11H,5H2,1-4H3. The number of carbonyl (C=O) groups is 1. The summed E-state index contributed by atoms with van der Waals surface area (Å²) in [6.45, 7) is 8.28. The molecule has 0 radical (unpaired) electrons. The van der Waals surface area contributed by atoms with Crippen molar-refractivity contribution in [3.05, 3.63) is 58.7 Å². The highest BCUT2D eigenvalue weighted by Gasteiger charge is 2.17. The average molecular weight is 284 g/mol. The number of aryl methyl sites for hydroxylation is 3. The Balaban J connectivity index is 2.31. The first-order valence-electron chi connectivity index (χ1n) is 7.04. The summed E-state index contributed by atoms with van der Waals surface area (Å²) in [5.41, 5.74) is 3.60. The molecule has 0 fully saturated rings. The summed E-state index contributed by atoms with van der Waals surface area (Å²) < 4.78 is 11.0. The maximum absolute atomic E-state index is 12.4. The van der Waals surface area contributed by atoms with Gasteiger partial charge in [0.15, 0.2) is 11.5 Å². The maximum Gasteiger partial charge on any atom is 0.344 e. The zero-order chi connectivity index (χ0) is 15.4. The molecule has 21 heavy (non-hydrogen) atoms. The van der Waals surface area contributed by atoms with Crippen LogP contribution in [0.3, 0.4) is 0 Å². The highest BCUT2D eigenvalue weighted by Crippen LogP contribution is 2.28. The molecule has 0 aliphatic rings. The Labute approximate surface area is 125 Å². The van der Waals surface area contributed by atoms with Crippen molar-refractivity contribution in [3.8, 4) is 11.5 Å². The molecule has 0 bridgehead atoms. The Kier molecular flexibility index (Phi) is 4.63. The van der Waals surface area contributed by atoms with Crippen LogP contribution >= 0.6 is 0 Å². The molecule has 0 N–H and O–H groups in total. The molecule has 3 nitrogen and oxygen atoms in total. The van der Waals surface area contributed by atoms with Crippen LogP contribution in [0.15, 0.2) is 36.4 Å². The molecule has 0 atom stereocenters. The number of rotatable bonds is 4. The van der Waals surface area contributed by atoms with E-state index in [1.165, 1.54) is 0 Å². The minimum Gasteiger partial charge on any atom is -0.490 e. The summed E-state index contributed by atoms with van der Waals surface area (Å²) in [5.74, 6) is 0.677. The van der Waals surface area contributed by atoms with Crippen LogP contribution in [0.1, 0.15) is 34.0 Å². The van der Waals surface area contributed by atoms with E-state index in [4.69, 9.17) is 9.47 Å².